The molecule has 1 atom stereocenters. The zero-order chi connectivity index (χ0) is 13.1. The average Bonchev–Trinajstić information content (AvgIpc) is 2.97. The predicted molar refractivity (Wildman–Crippen MR) is 70.8 cm³/mol. The number of para-hydroxylation sites is 1. The van der Waals surface area contributed by atoms with Crippen LogP contribution in [0.3, 0.4) is 0 Å². The number of hydroxylamine groups is 1. The van der Waals surface area contributed by atoms with Gasteiger partial charge in [0.2, 0.25) is 0 Å². The number of ether oxygens (including phenoxy) is 1. The molecule has 1 N–H and O–H groups in total. The highest BCUT2D eigenvalue weighted by atomic mass is 16.7. The van der Waals surface area contributed by atoms with Crippen LogP contribution in [0.5, 0.6) is 5.75 Å². The molecule has 102 valence electrons. The van der Waals surface area contributed by atoms with Gasteiger partial charge in [0.15, 0.2) is 0 Å². The lowest BCUT2D eigenvalue weighted by atomic mass is 9.93. The third kappa shape index (κ3) is 2.73. The maximum Gasteiger partial charge on any atom is 0.251 e. The van der Waals surface area contributed by atoms with Crippen LogP contribution >= 0.6 is 0 Å². The molecule has 0 spiro atoms. The van der Waals surface area contributed by atoms with Gasteiger partial charge in [-0.2, -0.15) is 0 Å². The van der Waals surface area contributed by atoms with Gasteiger partial charge in [-0.3, -0.25) is 9.63 Å². The fourth-order valence-corrected chi connectivity index (χ4v) is 2.83. The van der Waals surface area contributed by atoms with Gasteiger partial charge in [0.05, 0.1) is 18.6 Å². The van der Waals surface area contributed by atoms with E-state index in [-0.39, 0.29) is 17.9 Å². The zero-order valence-corrected chi connectivity index (χ0v) is 10.9. The Kier molecular flexibility index (Phi) is 3.69. The second-order valence-corrected chi connectivity index (χ2v) is 5.22. The molecule has 1 aliphatic heterocycles. The quantitative estimate of drug-likeness (QED) is 0.851. The van der Waals surface area contributed by atoms with Gasteiger partial charge in [0, 0.05) is 5.56 Å². The Morgan fingerprint density at radius 1 is 1.21 bits per heavy atom. The SMILES string of the molecule is O=C(NOC1CCCC1)C1CCOc2ccccc21. The van der Waals surface area contributed by atoms with Gasteiger partial charge in [-0.15, -0.1) is 0 Å². The van der Waals surface area contributed by atoms with Crippen LogP contribution in [0.1, 0.15) is 43.6 Å². The second kappa shape index (κ2) is 5.61. The first-order valence-electron chi connectivity index (χ1n) is 7.02. The van der Waals surface area contributed by atoms with Crippen LogP contribution in [0, 0.1) is 0 Å². The molecule has 1 aliphatic carbocycles. The Morgan fingerprint density at radius 3 is 2.84 bits per heavy atom. The lowest BCUT2D eigenvalue weighted by Gasteiger charge is -2.25. The van der Waals surface area contributed by atoms with Crippen LogP contribution < -0.4 is 10.2 Å². The molecule has 1 aromatic carbocycles. The number of nitrogens with one attached hydrogen (secondary N) is 1. The molecule has 1 unspecified atom stereocenters. The van der Waals surface area contributed by atoms with Crippen molar-refractivity contribution in [2.45, 2.75) is 44.1 Å². The standard InChI is InChI=1S/C15H19NO3/c17-15(16-19-11-5-1-2-6-11)13-9-10-18-14-8-4-3-7-12(13)14/h3-4,7-8,11,13H,1-2,5-6,9-10H2,(H,16,17). The van der Waals surface area contributed by atoms with Crippen LogP contribution in [0.25, 0.3) is 0 Å². The van der Waals surface area contributed by atoms with E-state index >= 15 is 0 Å². The topological polar surface area (TPSA) is 47.6 Å². The number of hydrogen-bond donors (Lipinski definition) is 1. The Labute approximate surface area is 113 Å². The maximum absolute atomic E-state index is 12.2. The molecule has 1 amide bonds. The molecule has 0 bridgehead atoms. The molecule has 1 heterocycles. The Morgan fingerprint density at radius 2 is 2.00 bits per heavy atom. The summed E-state index contributed by atoms with van der Waals surface area (Å²) in [7, 11) is 0. The lowest BCUT2D eigenvalue weighted by molar-refractivity contribution is -0.140. The Hall–Kier alpha value is -1.55. The van der Waals surface area contributed by atoms with E-state index in [1.165, 1.54) is 12.8 Å². The van der Waals surface area contributed by atoms with Crippen LogP contribution in [0.15, 0.2) is 24.3 Å². The summed E-state index contributed by atoms with van der Waals surface area (Å²) in [5, 5.41) is 0. The maximum atomic E-state index is 12.2. The summed E-state index contributed by atoms with van der Waals surface area (Å²) in [5.41, 5.74) is 3.60. The van der Waals surface area contributed by atoms with Gasteiger partial charge in [0.25, 0.3) is 5.91 Å². The Balaban J connectivity index is 1.64. The van der Waals surface area contributed by atoms with Crippen molar-refractivity contribution in [2.24, 2.45) is 0 Å². The molecular formula is C15H19NO3. The number of amides is 1. The minimum Gasteiger partial charge on any atom is -0.493 e. The summed E-state index contributed by atoms with van der Waals surface area (Å²) >= 11 is 0. The molecule has 0 saturated heterocycles. The average molecular weight is 261 g/mol. The lowest BCUT2D eigenvalue weighted by Crippen LogP contribution is -2.34. The number of carbonyl (C=O) groups excluding carboxylic acids is 1. The molecule has 0 aromatic heterocycles. The summed E-state index contributed by atoms with van der Waals surface area (Å²) in [5.74, 6) is 0.601. The molecular weight excluding hydrogens is 242 g/mol. The van der Waals surface area contributed by atoms with Crippen molar-refractivity contribution >= 4 is 5.91 Å². The van der Waals surface area contributed by atoms with Crippen molar-refractivity contribution < 1.29 is 14.4 Å². The summed E-state index contributed by atoms with van der Waals surface area (Å²) < 4.78 is 5.56. The third-order valence-corrected chi connectivity index (χ3v) is 3.90. The molecule has 19 heavy (non-hydrogen) atoms. The van der Waals surface area contributed by atoms with Gasteiger partial charge in [-0.25, -0.2) is 5.48 Å². The van der Waals surface area contributed by atoms with Crippen LogP contribution in [-0.4, -0.2) is 18.6 Å². The molecule has 3 rings (SSSR count). The van der Waals surface area contributed by atoms with E-state index in [1.54, 1.807) is 0 Å². The number of carbonyl (C=O) groups is 1. The first kappa shape index (κ1) is 12.5. The van der Waals surface area contributed by atoms with Crippen molar-refractivity contribution in [3.8, 4) is 5.75 Å². The predicted octanol–water partition coefficient (Wildman–Crippen LogP) is 2.54. The van der Waals surface area contributed by atoms with Crippen molar-refractivity contribution in [1.82, 2.24) is 5.48 Å². The van der Waals surface area contributed by atoms with E-state index in [0.29, 0.717) is 13.0 Å². The number of fused-ring (bicyclic) bond motifs is 1. The molecule has 1 fully saturated rings. The zero-order valence-electron chi connectivity index (χ0n) is 10.9. The normalized spacial score (nSPS) is 22.6. The smallest absolute Gasteiger partial charge is 0.251 e. The van der Waals surface area contributed by atoms with E-state index < -0.39 is 0 Å². The van der Waals surface area contributed by atoms with Crippen molar-refractivity contribution in [3.63, 3.8) is 0 Å². The van der Waals surface area contributed by atoms with Crippen molar-refractivity contribution in [3.05, 3.63) is 29.8 Å². The number of rotatable bonds is 3. The second-order valence-electron chi connectivity index (χ2n) is 5.22. The third-order valence-electron chi connectivity index (χ3n) is 3.90. The van der Waals surface area contributed by atoms with Gasteiger partial charge in [-0.1, -0.05) is 31.0 Å². The first-order valence-corrected chi connectivity index (χ1v) is 7.02. The van der Waals surface area contributed by atoms with Crippen molar-refractivity contribution in [2.75, 3.05) is 6.61 Å². The first-order chi connectivity index (χ1) is 9.34. The molecule has 4 nitrogen and oxygen atoms in total. The minimum absolute atomic E-state index is 0.0531. The fourth-order valence-electron chi connectivity index (χ4n) is 2.83. The highest BCUT2D eigenvalue weighted by Crippen LogP contribution is 2.33. The van der Waals surface area contributed by atoms with Gasteiger partial charge < -0.3 is 4.74 Å². The minimum atomic E-state index is -0.161. The number of benzene rings is 1. The molecule has 1 saturated carbocycles. The largest absolute Gasteiger partial charge is 0.493 e. The summed E-state index contributed by atoms with van der Waals surface area (Å²) in [4.78, 5) is 17.7. The van der Waals surface area contributed by atoms with E-state index in [0.717, 1.165) is 24.2 Å². The monoisotopic (exact) mass is 261 g/mol. The Bertz CT molecular complexity index is 454. The van der Waals surface area contributed by atoms with Crippen molar-refractivity contribution in [1.29, 1.82) is 0 Å². The molecule has 2 aliphatic rings. The van der Waals surface area contributed by atoms with E-state index in [2.05, 4.69) is 5.48 Å². The number of hydrogen-bond acceptors (Lipinski definition) is 3. The van der Waals surface area contributed by atoms with E-state index in [1.807, 2.05) is 24.3 Å². The van der Waals surface area contributed by atoms with Crippen LogP contribution in [0.2, 0.25) is 0 Å². The fraction of sp³-hybridized carbons (Fsp3) is 0.533. The van der Waals surface area contributed by atoms with Gasteiger partial charge >= 0.3 is 0 Å². The summed E-state index contributed by atoms with van der Waals surface area (Å²) in [6.07, 6.45) is 5.38. The van der Waals surface area contributed by atoms with E-state index in [9.17, 15) is 4.79 Å². The highest BCUT2D eigenvalue weighted by Gasteiger charge is 2.28. The van der Waals surface area contributed by atoms with E-state index in [4.69, 9.17) is 9.57 Å². The summed E-state index contributed by atoms with van der Waals surface area (Å²) in [6.45, 7) is 0.582. The molecule has 1 aromatic rings. The highest BCUT2D eigenvalue weighted by molar-refractivity contribution is 5.83. The van der Waals surface area contributed by atoms with Crippen LogP contribution in [-0.2, 0) is 9.63 Å². The van der Waals surface area contributed by atoms with Crippen LogP contribution in [0.4, 0.5) is 0 Å². The molecule has 0 radical (unpaired) electrons. The summed E-state index contributed by atoms with van der Waals surface area (Å²) in [6, 6.07) is 7.72. The molecule has 4 heteroatoms. The van der Waals surface area contributed by atoms with Gasteiger partial charge in [-0.05, 0) is 25.3 Å². The van der Waals surface area contributed by atoms with Gasteiger partial charge in [0.1, 0.15) is 5.75 Å².